The molecule has 0 atom stereocenters. The number of ether oxygens (including phenoxy) is 1. The lowest BCUT2D eigenvalue weighted by Crippen LogP contribution is -2.41. The molecule has 3 heterocycles. The van der Waals surface area contributed by atoms with Gasteiger partial charge in [0, 0.05) is 26.2 Å². The van der Waals surface area contributed by atoms with Crippen molar-refractivity contribution >= 4 is 11.7 Å². The summed E-state index contributed by atoms with van der Waals surface area (Å²) in [5.74, 6) is 0.945. The number of hydrogen-bond acceptors (Lipinski definition) is 4. The molecule has 0 saturated carbocycles. The average Bonchev–Trinajstić information content (AvgIpc) is 3.02. The Kier molecular flexibility index (Phi) is 3.64. The van der Waals surface area contributed by atoms with Crippen molar-refractivity contribution < 1.29 is 9.53 Å². The monoisotopic (exact) mass is 261 g/mol. The Labute approximate surface area is 113 Å². The highest BCUT2D eigenvalue weighted by atomic mass is 16.5. The second-order valence-corrected chi connectivity index (χ2v) is 4.98. The number of anilines is 1. The van der Waals surface area contributed by atoms with Crippen molar-refractivity contribution in [3.63, 3.8) is 0 Å². The molecule has 0 unspecified atom stereocenters. The van der Waals surface area contributed by atoms with Gasteiger partial charge in [0.2, 0.25) is 0 Å². The fourth-order valence-corrected chi connectivity index (χ4v) is 2.59. The van der Waals surface area contributed by atoms with Gasteiger partial charge in [-0.2, -0.15) is 0 Å². The van der Waals surface area contributed by atoms with Crippen LogP contribution in [0.25, 0.3) is 0 Å². The lowest BCUT2D eigenvalue weighted by atomic mass is 10.3. The number of amides is 1. The molecule has 2 aliphatic heterocycles. The number of carbonyl (C=O) groups excluding carboxylic acids is 1. The molecule has 2 fully saturated rings. The van der Waals surface area contributed by atoms with Crippen LogP contribution in [0.4, 0.5) is 5.82 Å². The van der Waals surface area contributed by atoms with Crippen LogP contribution in [0.1, 0.15) is 23.3 Å². The first kappa shape index (κ1) is 12.4. The Morgan fingerprint density at radius 1 is 1.11 bits per heavy atom. The van der Waals surface area contributed by atoms with E-state index in [0.29, 0.717) is 32.0 Å². The SMILES string of the molecule is O=C(c1cccc(N2CCCC2)n1)N1CCOCC1. The van der Waals surface area contributed by atoms with E-state index in [1.165, 1.54) is 12.8 Å². The van der Waals surface area contributed by atoms with Crippen LogP contribution >= 0.6 is 0 Å². The third kappa shape index (κ3) is 2.71. The predicted octanol–water partition coefficient (Wildman–Crippen LogP) is 1.15. The van der Waals surface area contributed by atoms with Crippen molar-refractivity contribution in [2.24, 2.45) is 0 Å². The molecule has 0 spiro atoms. The Morgan fingerprint density at radius 2 is 1.84 bits per heavy atom. The van der Waals surface area contributed by atoms with Crippen LogP contribution in [0, 0.1) is 0 Å². The lowest BCUT2D eigenvalue weighted by Gasteiger charge is -2.26. The van der Waals surface area contributed by atoms with Crippen molar-refractivity contribution in [2.75, 3.05) is 44.3 Å². The summed E-state index contributed by atoms with van der Waals surface area (Å²) < 4.78 is 5.27. The van der Waals surface area contributed by atoms with Crippen LogP contribution in [0.3, 0.4) is 0 Å². The zero-order valence-corrected chi connectivity index (χ0v) is 11.0. The number of hydrogen-bond donors (Lipinski definition) is 0. The average molecular weight is 261 g/mol. The summed E-state index contributed by atoms with van der Waals surface area (Å²) in [5.41, 5.74) is 0.548. The summed E-state index contributed by atoms with van der Waals surface area (Å²) in [6, 6.07) is 5.72. The molecule has 0 aliphatic carbocycles. The third-order valence-corrected chi connectivity index (χ3v) is 3.68. The van der Waals surface area contributed by atoms with Gasteiger partial charge in [-0.3, -0.25) is 4.79 Å². The first-order valence-electron chi connectivity index (χ1n) is 6.93. The van der Waals surface area contributed by atoms with Gasteiger partial charge in [0.25, 0.3) is 5.91 Å². The van der Waals surface area contributed by atoms with Crippen LogP contribution in [0.5, 0.6) is 0 Å². The summed E-state index contributed by atoms with van der Waals surface area (Å²) in [6.45, 7) is 4.66. The minimum absolute atomic E-state index is 0.0179. The van der Waals surface area contributed by atoms with E-state index in [4.69, 9.17) is 4.74 Å². The Balaban J connectivity index is 1.76. The normalized spacial score (nSPS) is 19.8. The zero-order chi connectivity index (χ0) is 13.1. The molecule has 19 heavy (non-hydrogen) atoms. The van der Waals surface area contributed by atoms with Gasteiger partial charge < -0.3 is 14.5 Å². The maximum atomic E-state index is 12.4. The number of morpholine rings is 1. The molecule has 5 heteroatoms. The van der Waals surface area contributed by atoms with E-state index in [0.717, 1.165) is 18.9 Å². The molecular formula is C14H19N3O2. The molecule has 0 radical (unpaired) electrons. The first-order valence-corrected chi connectivity index (χ1v) is 6.93. The fraction of sp³-hybridized carbons (Fsp3) is 0.571. The number of pyridine rings is 1. The van der Waals surface area contributed by atoms with Gasteiger partial charge in [-0.25, -0.2) is 4.98 Å². The zero-order valence-electron chi connectivity index (χ0n) is 11.0. The van der Waals surface area contributed by atoms with Crippen molar-refractivity contribution in [3.8, 4) is 0 Å². The molecule has 102 valence electrons. The maximum Gasteiger partial charge on any atom is 0.272 e. The van der Waals surface area contributed by atoms with E-state index in [1.807, 2.05) is 17.0 Å². The predicted molar refractivity (Wildman–Crippen MR) is 72.4 cm³/mol. The minimum atomic E-state index is 0.0179. The van der Waals surface area contributed by atoms with Crippen molar-refractivity contribution in [1.82, 2.24) is 9.88 Å². The number of carbonyl (C=O) groups is 1. The quantitative estimate of drug-likeness (QED) is 0.801. The molecule has 0 aromatic carbocycles. The molecule has 3 rings (SSSR count). The fourth-order valence-electron chi connectivity index (χ4n) is 2.59. The summed E-state index contributed by atoms with van der Waals surface area (Å²) in [4.78, 5) is 20.9. The van der Waals surface area contributed by atoms with Crippen LogP contribution < -0.4 is 4.90 Å². The van der Waals surface area contributed by atoms with Crippen LogP contribution in [0.2, 0.25) is 0 Å². The summed E-state index contributed by atoms with van der Waals surface area (Å²) in [7, 11) is 0. The van der Waals surface area contributed by atoms with Crippen molar-refractivity contribution in [1.29, 1.82) is 0 Å². The number of rotatable bonds is 2. The molecular weight excluding hydrogens is 242 g/mol. The van der Waals surface area contributed by atoms with Gasteiger partial charge in [-0.05, 0) is 25.0 Å². The maximum absolute atomic E-state index is 12.4. The van der Waals surface area contributed by atoms with Crippen LogP contribution in [-0.4, -0.2) is 55.2 Å². The third-order valence-electron chi connectivity index (χ3n) is 3.68. The van der Waals surface area contributed by atoms with Gasteiger partial charge in [0.05, 0.1) is 13.2 Å². The highest BCUT2D eigenvalue weighted by Crippen LogP contribution is 2.18. The molecule has 1 amide bonds. The number of nitrogens with zero attached hydrogens (tertiary/aromatic N) is 3. The highest BCUT2D eigenvalue weighted by Gasteiger charge is 2.21. The molecule has 0 bridgehead atoms. The molecule has 1 aromatic rings. The molecule has 5 nitrogen and oxygen atoms in total. The van der Waals surface area contributed by atoms with E-state index < -0.39 is 0 Å². The van der Waals surface area contributed by atoms with E-state index in [-0.39, 0.29) is 5.91 Å². The van der Waals surface area contributed by atoms with Gasteiger partial charge in [-0.15, -0.1) is 0 Å². The topological polar surface area (TPSA) is 45.7 Å². The second-order valence-electron chi connectivity index (χ2n) is 4.98. The standard InChI is InChI=1S/C14H19N3O2/c18-14(17-8-10-19-11-9-17)12-4-3-5-13(15-12)16-6-1-2-7-16/h3-5H,1-2,6-11H2. The summed E-state index contributed by atoms with van der Waals surface area (Å²) in [5, 5.41) is 0. The minimum Gasteiger partial charge on any atom is -0.378 e. The van der Waals surface area contributed by atoms with Crippen LogP contribution in [-0.2, 0) is 4.74 Å². The Bertz CT molecular complexity index is 452. The Hall–Kier alpha value is -1.62. The Morgan fingerprint density at radius 3 is 2.58 bits per heavy atom. The molecule has 2 saturated heterocycles. The summed E-state index contributed by atoms with van der Waals surface area (Å²) in [6.07, 6.45) is 2.42. The van der Waals surface area contributed by atoms with Crippen molar-refractivity contribution in [2.45, 2.75) is 12.8 Å². The van der Waals surface area contributed by atoms with Crippen molar-refractivity contribution in [3.05, 3.63) is 23.9 Å². The first-order chi connectivity index (χ1) is 9.34. The smallest absolute Gasteiger partial charge is 0.272 e. The largest absolute Gasteiger partial charge is 0.378 e. The van der Waals surface area contributed by atoms with Gasteiger partial charge in [-0.1, -0.05) is 6.07 Å². The van der Waals surface area contributed by atoms with Crippen LogP contribution in [0.15, 0.2) is 18.2 Å². The van der Waals surface area contributed by atoms with Gasteiger partial charge >= 0.3 is 0 Å². The van der Waals surface area contributed by atoms with E-state index in [2.05, 4.69) is 9.88 Å². The second kappa shape index (κ2) is 5.57. The molecule has 1 aromatic heterocycles. The van der Waals surface area contributed by atoms with E-state index >= 15 is 0 Å². The van der Waals surface area contributed by atoms with E-state index in [9.17, 15) is 4.79 Å². The summed E-state index contributed by atoms with van der Waals surface area (Å²) >= 11 is 0. The number of aromatic nitrogens is 1. The van der Waals surface area contributed by atoms with E-state index in [1.54, 1.807) is 6.07 Å². The highest BCUT2D eigenvalue weighted by molar-refractivity contribution is 5.92. The molecule has 2 aliphatic rings. The molecule has 0 N–H and O–H groups in total. The van der Waals surface area contributed by atoms with Gasteiger partial charge in [0.1, 0.15) is 11.5 Å². The van der Waals surface area contributed by atoms with Gasteiger partial charge in [0.15, 0.2) is 0 Å². The lowest BCUT2D eigenvalue weighted by molar-refractivity contribution is 0.0299.